The molecule has 0 atom stereocenters. The van der Waals surface area contributed by atoms with Crippen LogP contribution in [0, 0.1) is 11.3 Å². The van der Waals surface area contributed by atoms with Crippen LogP contribution in [0.25, 0.3) is 0 Å². The van der Waals surface area contributed by atoms with Crippen LogP contribution in [0.4, 0.5) is 0 Å². The Morgan fingerprint density at radius 1 is 0.857 bits per heavy atom. The molecule has 2 aromatic carbocycles. The molecule has 3 rings (SSSR count). The van der Waals surface area contributed by atoms with Gasteiger partial charge in [-0.15, -0.1) is 0 Å². The third kappa shape index (κ3) is 15.0. The van der Waals surface area contributed by atoms with Gasteiger partial charge in [0, 0.05) is 12.6 Å². The Kier molecular flexibility index (Phi) is 16.5. The topological polar surface area (TPSA) is 303 Å². The Morgan fingerprint density at radius 3 is 1.94 bits per heavy atom. The van der Waals surface area contributed by atoms with Gasteiger partial charge in [0.2, 0.25) is 17.2 Å². The van der Waals surface area contributed by atoms with Crippen LogP contribution in [0.5, 0.6) is 28.7 Å². The number of nitrogens with one attached hydrogen (secondary N) is 1. The van der Waals surface area contributed by atoms with Gasteiger partial charge in [-0.1, -0.05) is 0 Å². The predicted molar refractivity (Wildman–Crippen MR) is 183 cm³/mol. The number of hydrogen-bond acceptors (Lipinski definition) is 15. The third-order valence-corrected chi connectivity index (χ3v) is 8.28. The van der Waals surface area contributed by atoms with Crippen molar-refractivity contribution in [1.82, 2.24) is 4.90 Å². The summed E-state index contributed by atoms with van der Waals surface area (Å²) in [6, 6.07) is 8.42. The second-order valence-electron chi connectivity index (χ2n) is 11.0. The van der Waals surface area contributed by atoms with E-state index in [0.29, 0.717) is 38.0 Å². The first-order valence-corrected chi connectivity index (χ1v) is 19.9. The van der Waals surface area contributed by atoms with Crippen LogP contribution in [-0.2, 0) is 30.4 Å². The molecule has 21 heteroatoms. The number of likely N-dealkylation sites (tertiary alicyclic amines) is 1. The van der Waals surface area contributed by atoms with Crippen molar-refractivity contribution >= 4 is 42.4 Å². The monoisotopic (exact) mass is 755 g/mol. The first kappa shape index (κ1) is 43.1. The zero-order valence-electron chi connectivity index (χ0n) is 27.4. The molecule has 0 saturated carbocycles. The van der Waals surface area contributed by atoms with Gasteiger partial charge in [-0.3, -0.25) is 5.41 Å². The van der Waals surface area contributed by atoms with Gasteiger partial charge in [0.15, 0.2) is 5.75 Å². The average molecular weight is 756 g/mol. The molecule has 1 aliphatic rings. The maximum atomic E-state index is 12.1. The van der Waals surface area contributed by atoms with Crippen LogP contribution in [0.3, 0.4) is 0 Å². The summed E-state index contributed by atoms with van der Waals surface area (Å²) in [5.41, 5.74) is 5.97. The van der Waals surface area contributed by atoms with Crippen LogP contribution >= 0.6 is 0 Å². The minimum Gasteiger partial charge on any atom is -0.494 e. The summed E-state index contributed by atoms with van der Waals surface area (Å²) in [4.78, 5) is 2.25. The summed E-state index contributed by atoms with van der Waals surface area (Å²) in [5, 5.41) is 11.3. The molecular weight excluding hydrogens is 711 g/mol. The molecule has 1 saturated heterocycles. The van der Waals surface area contributed by atoms with E-state index in [0.717, 1.165) is 62.4 Å². The maximum absolute atomic E-state index is 12.1. The molecule has 1 heterocycles. The fourth-order valence-electron chi connectivity index (χ4n) is 4.88. The Bertz CT molecular complexity index is 1740. The van der Waals surface area contributed by atoms with E-state index in [1.807, 2.05) is 24.3 Å². The number of rotatable bonds is 18. The molecule has 278 valence electrons. The molecule has 0 aliphatic carbocycles. The smallest absolute Gasteiger partial charge is 0.306 e. The van der Waals surface area contributed by atoms with Crippen molar-refractivity contribution in [2.75, 3.05) is 51.6 Å². The lowest BCUT2D eigenvalue weighted by atomic mass is 9.92. The van der Waals surface area contributed by atoms with Gasteiger partial charge < -0.3 is 49.5 Å². The molecule has 0 radical (unpaired) electrons. The van der Waals surface area contributed by atoms with Crippen molar-refractivity contribution in [2.24, 2.45) is 22.6 Å². The molecule has 9 N–H and O–H groups in total. The summed E-state index contributed by atoms with van der Waals surface area (Å²) in [6.45, 7) is 2.89. The lowest BCUT2D eigenvalue weighted by molar-refractivity contribution is 0.160. The molecule has 18 nitrogen and oxygen atoms in total. The van der Waals surface area contributed by atoms with Gasteiger partial charge in [-0.05, 0) is 80.9 Å². The van der Waals surface area contributed by atoms with Crippen LogP contribution < -0.4 is 33.6 Å². The number of benzene rings is 2. The highest BCUT2D eigenvalue weighted by Gasteiger charge is 2.31. The molecule has 0 amide bonds. The number of piperidine rings is 1. The minimum absolute atomic E-state index is 0. The van der Waals surface area contributed by atoms with E-state index in [1.165, 1.54) is 0 Å². The van der Waals surface area contributed by atoms with Crippen molar-refractivity contribution < 1.29 is 58.2 Å². The van der Waals surface area contributed by atoms with Gasteiger partial charge in [0.25, 0.3) is 0 Å². The molecule has 0 aromatic heterocycles. The molecule has 49 heavy (non-hydrogen) atoms. The first-order valence-electron chi connectivity index (χ1n) is 14.5. The normalized spacial score (nSPS) is 14.3. The second kappa shape index (κ2) is 18.8. The standard InChI is InChI=1S/C28H41N5O11S3.2H2O/c1-45(34,35)42-24-18-23(28(29)30)25(43-46(2,36)37)27(44-47(3,38)39)26(24)41-17-5-13-33-14-11-20(12-15-33)6-4-16-40-22-9-7-21(8-10-22)19-32-31;;/h7-10,18-20H,4-6,11-17,31H2,1-3H3,(H3,29,30);2*1H2/b32-19+;;. The van der Waals surface area contributed by atoms with Crippen LogP contribution in [0.1, 0.15) is 43.2 Å². The molecule has 2 aromatic rings. The zero-order valence-corrected chi connectivity index (χ0v) is 29.8. The van der Waals surface area contributed by atoms with Gasteiger partial charge in [-0.25, -0.2) is 0 Å². The highest BCUT2D eigenvalue weighted by Crippen LogP contribution is 2.48. The number of nitrogens with two attached hydrogens (primary N) is 2. The molecule has 1 aliphatic heterocycles. The van der Waals surface area contributed by atoms with Crippen molar-refractivity contribution in [3.63, 3.8) is 0 Å². The van der Waals surface area contributed by atoms with Crippen LogP contribution in [-0.4, -0.2) is 105 Å². The number of hydrazone groups is 1. The van der Waals surface area contributed by atoms with E-state index in [-0.39, 0.29) is 17.6 Å². The average Bonchev–Trinajstić information content (AvgIpc) is 2.95. The molecule has 1 fully saturated rings. The third-order valence-electron chi connectivity index (χ3n) is 6.86. The minimum atomic E-state index is -4.36. The summed E-state index contributed by atoms with van der Waals surface area (Å²) in [6.07, 6.45) is 8.06. The van der Waals surface area contributed by atoms with E-state index in [1.54, 1.807) is 6.21 Å². The van der Waals surface area contributed by atoms with Gasteiger partial charge in [0.05, 0.1) is 43.8 Å². The predicted octanol–water partition coefficient (Wildman–Crippen LogP) is -0.0308. The van der Waals surface area contributed by atoms with Gasteiger partial charge in [-0.2, -0.15) is 30.4 Å². The van der Waals surface area contributed by atoms with E-state index in [2.05, 4.69) is 10.0 Å². The van der Waals surface area contributed by atoms with Crippen molar-refractivity contribution in [3.8, 4) is 28.7 Å². The molecule has 0 bridgehead atoms. The fourth-order valence-corrected chi connectivity index (χ4v) is 6.25. The maximum Gasteiger partial charge on any atom is 0.306 e. The quantitative estimate of drug-likeness (QED) is 0.0450. The largest absolute Gasteiger partial charge is 0.494 e. The number of amidine groups is 1. The van der Waals surface area contributed by atoms with E-state index >= 15 is 0 Å². The highest BCUT2D eigenvalue weighted by atomic mass is 32.2. The molecule has 0 unspecified atom stereocenters. The summed E-state index contributed by atoms with van der Waals surface area (Å²) < 4.78 is 98.9. The van der Waals surface area contributed by atoms with Crippen molar-refractivity contribution in [3.05, 3.63) is 41.5 Å². The summed E-state index contributed by atoms with van der Waals surface area (Å²) in [5.74, 6) is 3.01. The Balaban J connectivity index is 0.00000600. The van der Waals surface area contributed by atoms with Crippen molar-refractivity contribution in [2.45, 2.75) is 32.1 Å². The molecule has 0 spiro atoms. The number of ether oxygens (including phenoxy) is 2. The van der Waals surface area contributed by atoms with Gasteiger partial charge >= 0.3 is 30.4 Å². The zero-order chi connectivity index (χ0) is 34.8. The molecular formula is C28H45N5O13S3. The summed E-state index contributed by atoms with van der Waals surface area (Å²) in [7, 11) is -12.9. The Labute approximate surface area is 286 Å². The summed E-state index contributed by atoms with van der Waals surface area (Å²) >= 11 is 0. The van der Waals surface area contributed by atoms with Gasteiger partial charge in [0.1, 0.15) is 11.6 Å². The van der Waals surface area contributed by atoms with Crippen LogP contribution in [0.2, 0.25) is 0 Å². The second-order valence-corrected chi connectivity index (χ2v) is 15.7. The number of nitrogens with zero attached hydrogens (tertiary/aromatic N) is 2. The Morgan fingerprint density at radius 2 is 1.41 bits per heavy atom. The number of hydrogen-bond donors (Lipinski definition) is 3. The van der Waals surface area contributed by atoms with Crippen LogP contribution in [0.15, 0.2) is 35.4 Å². The van der Waals surface area contributed by atoms with E-state index < -0.39 is 64.8 Å². The van der Waals surface area contributed by atoms with E-state index in [4.69, 9.17) is 39.0 Å². The Hall–Kier alpha value is -3.89. The highest BCUT2D eigenvalue weighted by molar-refractivity contribution is 7.86. The lowest BCUT2D eigenvalue weighted by Gasteiger charge is -2.32. The first-order chi connectivity index (χ1) is 21.9. The lowest BCUT2D eigenvalue weighted by Crippen LogP contribution is -2.35. The number of nitrogen functional groups attached to an aromatic ring is 1. The van der Waals surface area contributed by atoms with Crippen molar-refractivity contribution in [1.29, 1.82) is 5.41 Å². The fraction of sp³-hybridized carbons (Fsp3) is 0.500. The SMILES string of the molecule is CS(=O)(=O)Oc1cc(C(=N)N)c(OS(C)(=O)=O)c(OS(C)(=O)=O)c1OCCCN1CCC(CCCOc2ccc(/C=N/N)cc2)CC1.O.O. The van der Waals surface area contributed by atoms with E-state index in [9.17, 15) is 25.3 Å².